The molecule has 0 aliphatic carbocycles. The van der Waals surface area contributed by atoms with E-state index in [1.165, 1.54) is 4.31 Å². The first-order valence-electron chi connectivity index (χ1n) is 9.21. The summed E-state index contributed by atoms with van der Waals surface area (Å²) < 4.78 is 26.3. The van der Waals surface area contributed by atoms with Crippen molar-refractivity contribution in [2.45, 2.75) is 46.1 Å². The number of aryl methyl sites for hydroxylation is 2. The summed E-state index contributed by atoms with van der Waals surface area (Å²) in [4.78, 5) is 26.1. The number of rotatable bonds is 6. The van der Waals surface area contributed by atoms with Crippen molar-refractivity contribution in [3.63, 3.8) is 0 Å². The van der Waals surface area contributed by atoms with Crippen LogP contribution in [0, 0.1) is 19.8 Å². The fraction of sp³-hybridized carbons (Fsp3) is 0.579. The number of sulfonamides is 1. The maximum absolute atomic E-state index is 13.1. The Morgan fingerprint density at radius 1 is 1.22 bits per heavy atom. The van der Waals surface area contributed by atoms with Crippen molar-refractivity contribution in [1.29, 1.82) is 0 Å². The van der Waals surface area contributed by atoms with E-state index in [-0.39, 0.29) is 17.7 Å². The van der Waals surface area contributed by atoms with Crippen LogP contribution in [0.3, 0.4) is 0 Å². The summed E-state index contributed by atoms with van der Waals surface area (Å²) >= 11 is 0. The smallest absolute Gasteiger partial charge is 0.246 e. The molecule has 27 heavy (non-hydrogen) atoms. The van der Waals surface area contributed by atoms with Gasteiger partial charge in [-0.05, 0) is 56.4 Å². The van der Waals surface area contributed by atoms with Crippen molar-refractivity contribution in [3.8, 4) is 0 Å². The number of carbonyl (C=O) groups excluding carboxylic acids is 2. The Morgan fingerprint density at radius 2 is 1.81 bits per heavy atom. The normalized spacial score (nSPS) is 16.8. The molecule has 2 N–H and O–H groups in total. The zero-order chi connectivity index (χ0) is 20.4. The lowest BCUT2D eigenvalue weighted by atomic mass is 9.95. The molecule has 2 amide bonds. The highest BCUT2D eigenvalue weighted by molar-refractivity contribution is 7.92. The number of carbonyl (C=O) groups is 2. The van der Waals surface area contributed by atoms with E-state index in [0.29, 0.717) is 38.0 Å². The molecule has 1 aromatic carbocycles. The topological polar surface area (TPSA) is 101 Å². The average Bonchev–Trinajstić information content (AvgIpc) is 2.60. The number of hydrogen-bond acceptors (Lipinski definition) is 4. The molecule has 1 aliphatic heterocycles. The molecule has 1 aromatic rings. The molecule has 1 aliphatic rings. The number of nitrogens with zero attached hydrogens (tertiary/aromatic N) is 2. The second-order valence-corrected chi connectivity index (χ2v) is 9.11. The van der Waals surface area contributed by atoms with Gasteiger partial charge in [0.05, 0.1) is 11.9 Å². The predicted molar refractivity (Wildman–Crippen MR) is 106 cm³/mol. The molecule has 1 atom stereocenters. The summed E-state index contributed by atoms with van der Waals surface area (Å²) in [7, 11) is -3.66. The number of nitrogens with two attached hydrogens (primary N) is 1. The second-order valence-electron chi connectivity index (χ2n) is 7.25. The van der Waals surface area contributed by atoms with Gasteiger partial charge in [0.25, 0.3) is 0 Å². The van der Waals surface area contributed by atoms with E-state index in [1.807, 2.05) is 19.9 Å². The molecule has 8 heteroatoms. The lowest BCUT2D eigenvalue weighted by Crippen LogP contribution is -2.53. The van der Waals surface area contributed by atoms with Crippen LogP contribution in [0.5, 0.6) is 0 Å². The maximum atomic E-state index is 13.1. The van der Waals surface area contributed by atoms with Gasteiger partial charge in [0.1, 0.15) is 6.04 Å². The Hall–Kier alpha value is -2.09. The fourth-order valence-electron chi connectivity index (χ4n) is 3.50. The average molecular weight is 396 g/mol. The van der Waals surface area contributed by atoms with Gasteiger partial charge in [-0.3, -0.25) is 13.9 Å². The molecule has 0 aromatic heterocycles. The van der Waals surface area contributed by atoms with Crippen LogP contribution in [-0.2, 0) is 19.6 Å². The minimum Gasteiger partial charge on any atom is -0.369 e. The quantitative estimate of drug-likeness (QED) is 0.790. The predicted octanol–water partition coefficient (Wildman–Crippen LogP) is 1.57. The summed E-state index contributed by atoms with van der Waals surface area (Å²) in [5, 5.41) is 0. The van der Waals surface area contributed by atoms with Crippen LogP contribution in [0.2, 0.25) is 0 Å². The van der Waals surface area contributed by atoms with E-state index >= 15 is 0 Å². The van der Waals surface area contributed by atoms with Gasteiger partial charge in [0.15, 0.2) is 0 Å². The molecule has 0 saturated carbocycles. The molecule has 150 valence electrons. The minimum atomic E-state index is -3.66. The monoisotopic (exact) mass is 395 g/mol. The van der Waals surface area contributed by atoms with Crippen LogP contribution < -0.4 is 10.0 Å². The van der Waals surface area contributed by atoms with Gasteiger partial charge in [-0.1, -0.05) is 13.0 Å². The van der Waals surface area contributed by atoms with Gasteiger partial charge >= 0.3 is 0 Å². The van der Waals surface area contributed by atoms with E-state index in [1.54, 1.807) is 24.0 Å². The fourth-order valence-corrected chi connectivity index (χ4v) is 4.70. The molecular formula is C19H29N3O4S. The molecular weight excluding hydrogens is 366 g/mol. The molecule has 0 spiro atoms. The van der Waals surface area contributed by atoms with E-state index in [4.69, 9.17) is 5.73 Å². The summed E-state index contributed by atoms with van der Waals surface area (Å²) in [6.45, 7) is 6.49. The van der Waals surface area contributed by atoms with Crippen LogP contribution in [0.4, 0.5) is 5.69 Å². The molecule has 2 rings (SSSR count). The van der Waals surface area contributed by atoms with Crippen molar-refractivity contribution in [2.75, 3.05) is 23.7 Å². The Kier molecular flexibility index (Phi) is 6.51. The third-order valence-electron chi connectivity index (χ3n) is 5.27. The molecule has 0 radical (unpaired) electrons. The van der Waals surface area contributed by atoms with Crippen LogP contribution in [0.1, 0.15) is 37.3 Å². The second kappa shape index (κ2) is 8.29. The zero-order valence-corrected chi connectivity index (χ0v) is 17.3. The van der Waals surface area contributed by atoms with Gasteiger partial charge in [0.2, 0.25) is 21.8 Å². The number of piperidine rings is 1. The van der Waals surface area contributed by atoms with E-state index < -0.39 is 16.1 Å². The van der Waals surface area contributed by atoms with Crippen LogP contribution in [0.25, 0.3) is 0 Å². The molecule has 1 saturated heterocycles. The van der Waals surface area contributed by atoms with Crippen molar-refractivity contribution >= 4 is 27.5 Å². The van der Waals surface area contributed by atoms with Gasteiger partial charge in [-0.2, -0.15) is 0 Å². The Bertz CT molecular complexity index is 814. The Labute approximate surface area is 161 Å². The van der Waals surface area contributed by atoms with Crippen molar-refractivity contribution < 1.29 is 18.0 Å². The van der Waals surface area contributed by atoms with Crippen molar-refractivity contribution in [3.05, 3.63) is 29.3 Å². The van der Waals surface area contributed by atoms with Crippen LogP contribution in [0.15, 0.2) is 18.2 Å². The summed E-state index contributed by atoms with van der Waals surface area (Å²) in [6.07, 6.45) is 2.51. The van der Waals surface area contributed by atoms with Crippen LogP contribution in [-0.4, -0.2) is 50.5 Å². The van der Waals surface area contributed by atoms with Crippen molar-refractivity contribution in [1.82, 2.24) is 4.90 Å². The number of likely N-dealkylation sites (tertiary alicyclic amines) is 1. The lowest BCUT2D eigenvalue weighted by Gasteiger charge is -2.37. The first kappa shape index (κ1) is 21.2. The maximum Gasteiger partial charge on any atom is 0.246 e. The summed E-state index contributed by atoms with van der Waals surface area (Å²) in [6, 6.07) is 4.58. The third kappa shape index (κ3) is 4.80. The highest BCUT2D eigenvalue weighted by atomic mass is 32.2. The van der Waals surface area contributed by atoms with Crippen molar-refractivity contribution in [2.24, 2.45) is 11.7 Å². The number of amides is 2. The molecule has 1 heterocycles. The van der Waals surface area contributed by atoms with E-state index in [2.05, 4.69) is 0 Å². The molecule has 1 fully saturated rings. The molecule has 0 bridgehead atoms. The van der Waals surface area contributed by atoms with E-state index in [0.717, 1.165) is 17.4 Å². The standard InChI is InChI=1S/C19H29N3O4S/c1-5-17(19(24)21-10-8-15(9-11-21)18(20)23)22(27(4,25)26)16-7-6-13(2)14(3)12-16/h6-7,12,15,17H,5,8-11H2,1-4H3,(H2,20,23)/t17-/m0/s1. The van der Waals surface area contributed by atoms with Crippen LogP contribution >= 0.6 is 0 Å². The molecule has 0 unspecified atom stereocenters. The highest BCUT2D eigenvalue weighted by Crippen LogP contribution is 2.27. The molecule has 7 nitrogen and oxygen atoms in total. The van der Waals surface area contributed by atoms with Gasteiger partial charge < -0.3 is 10.6 Å². The van der Waals surface area contributed by atoms with E-state index in [9.17, 15) is 18.0 Å². The summed E-state index contributed by atoms with van der Waals surface area (Å²) in [5.41, 5.74) is 7.87. The number of anilines is 1. The Balaban J connectivity index is 2.31. The zero-order valence-electron chi connectivity index (χ0n) is 16.4. The lowest BCUT2D eigenvalue weighted by molar-refractivity contribution is -0.135. The first-order valence-corrected chi connectivity index (χ1v) is 11.1. The van der Waals surface area contributed by atoms with Gasteiger partial charge in [-0.25, -0.2) is 8.42 Å². The highest BCUT2D eigenvalue weighted by Gasteiger charge is 2.36. The van der Waals surface area contributed by atoms with Gasteiger partial charge in [0, 0.05) is 19.0 Å². The number of benzene rings is 1. The largest absolute Gasteiger partial charge is 0.369 e. The van der Waals surface area contributed by atoms with Gasteiger partial charge in [-0.15, -0.1) is 0 Å². The first-order chi connectivity index (χ1) is 12.6. The summed E-state index contributed by atoms with van der Waals surface area (Å²) in [5.74, 6) is -0.800. The third-order valence-corrected chi connectivity index (χ3v) is 6.45. The number of hydrogen-bond donors (Lipinski definition) is 1. The minimum absolute atomic E-state index is 0.222. The number of primary amides is 1. The Morgan fingerprint density at radius 3 is 2.26 bits per heavy atom. The SMILES string of the molecule is CC[C@@H](C(=O)N1CCC(C(N)=O)CC1)N(c1ccc(C)c(C)c1)S(C)(=O)=O.